The smallest absolute Gasteiger partial charge is 0.408 e. The molecule has 0 aromatic carbocycles. The van der Waals surface area contributed by atoms with E-state index in [2.05, 4.69) is 14.7 Å². The summed E-state index contributed by atoms with van der Waals surface area (Å²) in [5.41, 5.74) is -0.560. The van der Waals surface area contributed by atoms with Crippen molar-refractivity contribution in [2.45, 2.75) is 39.8 Å². The molecule has 0 aliphatic heterocycles. The van der Waals surface area contributed by atoms with Gasteiger partial charge in [0.2, 0.25) is 5.01 Å². The molecular weight excluding hydrogens is 270 g/mol. The summed E-state index contributed by atoms with van der Waals surface area (Å²) >= 11 is 0.935. The Labute approximate surface area is 115 Å². The van der Waals surface area contributed by atoms with Crippen molar-refractivity contribution in [2.24, 2.45) is 0 Å². The minimum absolute atomic E-state index is 0.102. The standard InChI is InChI=1S/C11H17N3O4S/c1-5-17-9(15)8-13-7(14-19-8)6-12-10(16)18-11(2,3)4/h5-6H2,1-4H3,(H,12,16). The molecule has 1 N–H and O–H groups in total. The van der Waals surface area contributed by atoms with Gasteiger partial charge in [0.15, 0.2) is 5.82 Å². The fraction of sp³-hybridized carbons (Fsp3) is 0.636. The van der Waals surface area contributed by atoms with Crippen LogP contribution in [-0.4, -0.2) is 33.6 Å². The van der Waals surface area contributed by atoms with Crippen molar-refractivity contribution in [3.05, 3.63) is 10.8 Å². The zero-order valence-corrected chi connectivity index (χ0v) is 12.2. The molecule has 0 saturated carbocycles. The predicted octanol–water partition coefficient (Wildman–Crippen LogP) is 1.74. The lowest BCUT2D eigenvalue weighted by molar-refractivity contribution is 0.0518. The lowest BCUT2D eigenvalue weighted by Crippen LogP contribution is -2.32. The number of esters is 1. The van der Waals surface area contributed by atoms with E-state index in [0.29, 0.717) is 5.82 Å². The highest BCUT2D eigenvalue weighted by Crippen LogP contribution is 2.08. The van der Waals surface area contributed by atoms with Gasteiger partial charge in [0.25, 0.3) is 0 Å². The number of alkyl carbamates (subject to hydrolysis) is 1. The fourth-order valence-corrected chi connectivity index (χ4v) is 1.64. The topological polar surface area (TPSA) is 90.4 Å². The van der Waals surface area contributed by atoms with Gasteiger partial charge in [-0.1, -0.05) is 0 Å². The number of hydrogen-bond acceptors (Lipinski definition) is 7. The molecule has 0 spiro atoms. The molecule has 19 heavy (non-hydrogen) atoms. The number of carbonyl (C=O) groups is 2. The molecule has 1 aromatic heterocycles. The number of nitrogens with one attached hydrogen (secondary N) is 1. The van der Waals surface area contributed by atoms with Crippen LogP contribution in [0, 0.1) is 0 Å². The zero-order chi connectivity index (χ0) is 14.5. The van der Waals surface area contributed by atoms with Crippen LogP contribution >= 0.6 is 11.5 Å². The highest BCUT2D eigenvalue weighted by molar-refractivity contribution is 7.07. The molecule has 0 aliphatic carbocycles. The van der Waals surface area contributed by atoms with Gasteiger partial charge >= 0.3 is 12.1 Å². The van der Waals surface area contributed by atoms with Gasteiger partial charge in [-0.3, -0.25) is 0 Å². The van der Waals surface area contributed by atoms with E-state index >= 15 is 0 Å². The Morgan fingerprint density at radius 1 is 1.37 bits per heavy atom. The Morgan fingerprint density at radius 2 is 2.05 bits per heavy atom. The van der Waals surface area contributed by atoms with Crippen molar-refractivity contribution in [3.63, 3.8) is 0 Å². The first-order valence-electron chi connectivity index (χ1n) is 5.78. The second-order valence-corrected chi connectivity index (χ2v) is 5.34. The lowest BCUT2D eigenvalue weighted by Gasteiger charge is -2.19. The van der Waals surface area contributed by atoms with Gasteiger partial charge in [-0.2, -0.15) is 4.37 Å². The van der Waals surface area contributed by atoms with Crippen LogP contribution in [0.4, 0.5) is 4.79 Å². The zero-order valence-electron chi connectivity index (χ0n) is 11.3. The van der Waals surface area contributed by atoms with E-state index in [4.69, 9.17) is 9.47 Å². The summed E-state index contributed by atoms with van der Waals surface area (Å²) in [4.78, 5) is 26.7. The number of rotatable bonds is 4. The van der Waals surface area contributed by atoms with Crippen molar-refractivity contribution in [1.82, 2.24) is 14.7 Å². The van der Waals surface area contributed by atoms with Gasteiger partial charge in [0.05, 0.1) is 13.2 Å². The lowest BCUT2D eigenvalue weighted by atomic mass is 10.2. The van der Waals surface area contributed by atoms with Gasteiger partial charge in [-0.25, -0.2) is 14.6 Å². The van der Waals surface area contributed by atoms with Crippen LogP contribution in [-0.2, 0) is 16.0 Å². The first-order valence-corrected chi connectivity index (χ1v) is 6.55. The molecule has 1 heterocycles. The van der Waals surface area contributed by atoms with Gasteiger partial charge in [-0.15, -0.1) is 0 Å². The van der Waals surface area contributed by atoms with Crippen LogP contribution in [0.1, 0.15) is 43.3 Å². The summed E-state index contributed by atoms with van der Waals surface area (Å²) < 4.78 is 13.8. The van der Waals surface area contributed by atoms with E-state index < -0.39 is 17.7 Å². The van der Waals surface area contributed by atoms with Gasteiger partial charge < -0.3 is 14.8 Å². The Bertz CT molecular complexity index is 453. The van der Waals surface area contributed by atoms with Crippen LogP contribution in [0.3, 0.4) is 0 Å². The molecule has 0 bridgehead atoms. The van der Waals surface area contributed by atoms with E-state index in [1.54, 1.807) is 27.7 Å². The van der Waals surface area contributed by atoms with Crippen LogP contribution in [0.5, 0.6) is 0 Å². The van der Waals surface area contributed by atoms with Crippen LogP contribution in [0.15, 0.2) is 0 Å². The number of hydrogen-bond donors (Lipinski definition) is 1. The molecule has 0 fully saturated rings. The molecule has 8 heteroatoms. The summed E-state index contributed by atoms with van der Waals surface area (Å²) in [5.74, 6) is -0.164. The third-order valence-electron chi connectivity index (χ3n) is 1.71. The van der Waals surface area contributed by atoms with Crippen LogP contribution in [0.25, 0.3) is 0 Å². The molecule has 1 amide bonds. The Morgan fingerprint density at radius 3 is 2.63 bits per heavy atom. The minimum atomic E-state index is -0.560. The second-order valence-electron chi connectivity index (χ2n) is 4.59. The van der Waals surface area contributed by atoms with Crippen molar-refractivity contribution >= 4 is 23.6 Å². The summed E-state index contributed by atoms with van der Waals surface area (Å²) in [7, 11) is 0. The molecule has 1 rings (SSSR count). The number of carbonyl (C=O) groups excluding carboxylic acids is 2. The maximum Gasteiger partial charge on any atom is 0.408 e. The van der Waals surface area contributed by atoms with Gasteiger partial charge in [0, 0.05) is 0 Å². The third-order valence-corrected chi connectivity index (χ3v) is 2.44. The number of nitrogens with zero attached hydrogens (tertiary/aromatic N) is 2. The largest absolute Gasteiger partial charge is 0.461 e. The molecule has 0 aliphatic rings. The van der Waals surface area contributed by atoms with Crippen molar-refractivity contribution in [2.75, 3.05) is 6.61 Å². The maximum absolute atomic E-state index is 11.4. The number of aromatic nitrogens is 2. The molecule has 0 saturated heterocycles. The SMILES string of the molecule is CCOC(=O)c1nc(CNC(=O)OC(C)(C)C)ns1. The molecule has 0 atom stereocenters. The monoisotopic (exact) mass is 287 g/mol. The second kappa shape index (κ2) is 6.46. The molecule has 1 aromatic rings. The quantitative estimate of drug-likeness (QED) is 0.848. The average Bonchev–Trinajstić information content (AvgIpc) is 2.73. The van der Waals surface area contributed by atoms with Crippen LogP contribution < -0.4 is 5.32 Å². The Kier molecular flexibility index (Phi) is 5.22. The minimum Gasteiger partial charge on any atom is -0.461 e. The molecule has 7 nitrogen and oxygen atoms in total. The third kappa shape index (κ3) is 5.64. The molecule has 0 unspecified atom stereocenters. The van der Waals surface area contributed by atoms with Crippen molar-refractivity contribution in [1.29, 1.82) is 0 Å². The predicted molar refractivity (Wildman–Crippen MR) is 68.9 cm³/mol. The summed E-state index contributed by atoms with van der Waals surface area (Å²) in [5, 5.41) is 2.68. The van der Waals surface area contributed by atoms with Crippen LogP contribution in [0.2, 0.25) is 0 Å². The summed E-state index contributed by atoms with van der Waals surface area (Å²) in [6.07, 6.45) is -0.556. The maximum atomic E-state index is 11.4. The molecular formula is C11H17N3O4S. The molecule has 106 valence electrons. The normalized spacial score (nSPS) is 10.9. The first-order chi connectivity index (χ1) is 8.81. The van der Waals surface area contributed by atoms with Crippen molar-refractivity contribution in [3.8, 4) is 0 Å². The van der Waals surface area contributed by atoms with E-state index in [1.165, 1.54) is 0 Å². The van der Waals surface area contributed by atoms with E-state index in [9.17, 15) is 9.59 Å². The fourth-order valence-electron chi connectivity index (χ4n) is 1.07. The molecule has 0 radical (unpaired) electrons. The van der Waals surface area contributed by atoms with E-state index in [1.807, 2.05) is 0 Å². The Balaban J connectivity index is 2.46. The number of amides is 1. The van der Waals surface area contributed by atoms with E-state index in [-0.39, 0.29) is 18.2 Å². The Hall–Kier alpha value is -1.70. The number of ether oxygens (including phenoxy) is 2. The van der Waals surface area contributed by atoms with Gasteiger partial charge in [-0.05, 0) is 39.2 Å². The van der Waals surface area contributed by atoms with Crippen molar-refractivity contribution < 1.29 is 19.1 Å². The highest BCUT2D eigenvalue weighted by Gasteiger charge is 2.17. The first kappa shape index (κ1) is 15.4. The van der Waals surface area contributed by atoms with E-state index in [0.717, 1.165) is 11.5 Å². The summed E-state index contributed by atoms with van der Waals surface area (Å²) in [6.45, 7) is 7.41. The van der Waals surface area contributed by atoms with Gasteiger partial charge in [0.1, 0.15) is 5.60 Å². The summed E-state index contributed by atoms with van der Waals surface area (Å²) in [6, 6.07) is 0. The highest BCUT2D eigenvalue weighted by atomic mass is 32.1. The average molecular weight is 287 g/mol.